The number of amides is 1. The summed E-state index contributed by atoms with van der Waals surface area (Å²) in [6, 6.07) is 0. The van der Waals surface area contributed by atoms with Crippen LogP contribution < -0.4 is 0 Å². The fourth-order valence-electron chi connectivity index (χ4n) is 1.66. The molecule has 1 fully saturated rings. The van der Waals surface area contributed by atoms with Gasteiger partial charge < -0.3 is 9.64 Å². The van der Waals surface area contributed by atoms with E-state index in [0.717, 1.165) is 39.3 Å². The summed E-state index contributed by atoms with van der Waals surface area (Å²) in [7, 11) is 1.70. The van der Waals surface area contributed by atoms with Crippen molar-refractivity contribution in [3.8, 4) is 0 Å². The van der Waals surface area contributed by atoms with E-state index in [9.17, 15) is 4.79 Å². The lowest BCUT2D eigenvalue weighted by atomic mass is 10.3. The maximum absolute atomic E-state index is 11.6. The number of halogens is 1. The molecule has 0 aromatic heterocycles. The molecule has 1 aliphatic heterocycles. The van der Waals surface area contributed by atoms with Crippen molar-refractivity contribution in [2.45, 2.75) is 12.3 Å². The van der Waals surface area contributed by atoms with Gasteiger partial charge in [-0.2, -0.15) is 0 Å². The maximum Gasteiger partial charge on any atom is 0.240 e. The zero-order valence-corrected chi connectivity index (χ0v) is 10.2. The molecule has 1 heterocycles. The van der Waals surface area contributed by atoms with E-state index in [1.807, 2.05) is 4.90 Å². The molecular formula is C10H19ClN2O2. The van der Waals surface area contributed by atoms with Crippen LogP contribution in [-0.2, 0) is 9.53 Å². The van der Waals surface area contributed by atoms with Crippen LogP contribution in [0.15, 0.2) is 0 Å². The molecule has 0 unspecified atom stereocenters. The molecule has 5 heteroatoms. The van der Waals surface area contributed by atoms with Gasteiger partial charge in [0.25, 0.3) is 0 Å². The van der Waals surface area contributed by atoms with Crippen molar-refractivity contribution in [2.24, 2.45) is 0 Å². The smallest absolute Gasteiger partial charge is 0.240 e. The fraction of sp³-hybridized carbons (Fsp3) is 0.900. The minimum atomic E-state index is -0.407. The van der Waals surface area contributed by atoms with Crippen molar-refractivity contribution in [1.82, 2.24) is 9.80 Å². The van der Waals surface area contributed by atoms with Gasteiger partial charge in [-0.05, 0) is 6.92 Å². The Morgan fingerprint density at radius 1 is 1.40 bits per heavy atom. The number of hydrogen-bond donors (Lipinski definition) is 0. The Kier molecular flexibility index (Phi) is 5.36. The largest absolute Gasteiger partial charge is 0.383 e. The fourth-order valence-corrected chi connectivity index (χ4v) is 1.80. The van der Waals surface area contributed by atoms with Crippen LogP contribution in [0.1, 0.15) is 6.92 Å². The van der Waals surface area contributed by atoms with Gasteiger partial charge in [0.15, 0.2) is 0 Å². The highest BCUT2D eigenvalue weighted by Gasteiger charge is 2.23. The molecule has 4 nitrogen and oxygen atoms in total. The average Bonchev–Trinajstić information content (AvgIpc) is 2.26. The number of carbonyl (C=O) groups is 1. The summed E-state index contributed by atoms with van der Waals surface area (Å²) in [5.41, 5.74) is 0. The number of rotatable bonds is 4. The third kappa shape index (κ3) is 3.97. The summed E-state index contributed by atoms with van der Waals surface area (Å²) in [5.74, 6) is 0.0445. The molecule has 1 rings (SSSR count). The molecule has 0 saturated carbocycles. The predicted molar refractivity (Wildman–Crippen MR) is 60.2 cm³/mol. The maximum atomic E-state index is 11.6. The van der Waals surface area contributed by atoms with Crippen LogP contribution in [0.5, 0.6) is 0 Å². The predicted octanol–water partition coefficient (Wildman–Crippen LogP) is 0.404. The number of nitrogens with zero attached hydrogens (tertiary/aromatic N) is 2. The molecule has 1 aliphatic rings. The van der Waals surface area contributed by atoms with Crippen molar-refractivity contribution in [1.29, 1.82) is 0 Å². The SMILES string of the molecule is COCCN1CCN(C(=O)[C@H](C)Cl)CC1. The van der Waals surface area contributed by atoms with Crippen LogP contribution in [-0.4, -0.2) is 67.5 Å². The molecule has 0 aromatic carbocycles. The number of carbonyl (C=O) groups excluding carboxylic acids is 1. The lowest BCUT2D eigenvalue weighted by Crippen LogP contribution is -2.50. The van der Waals surface area contributed by atoms with Crippen molar-refractivity contribution >= 4 is 17.5 Å². The van der Waals surface area contributed by atoms with Gasteiger partial charge >= 0.3 is 0 Å². The first-order valence-corrected chi connectivity index (χ1v) is 5.73. The van der Waals surface area contributed by atoms with Crippen LogP contribution in [0, 0.1) is 0 Å². The van der Waals surface area contributed by atoms with Gasteiger partial charge in [-0.1, -0.05) is 0 Å². The Bertz CT molecular complexity index is 204. The summed E-state index contributed by atoms with van der Waals surface area (Å²) < 4.78 is 5.01. The van der Waals surface area contributed by atoms with E-state index >= 15 is 0 Å². The Balaban J connectivity index is 2.26. The number of methoxy groups -OCH3 is 1. The summed E-state index contributed by atoms with van der Waals surface area (Å²) in [5, 5.41) is -0.407. The van der Waals surface area contributed by atoms with Gasteiger partial charge in [-0.15, -0.1) is 11.6 Å². The Morgan fingerprint density at radius 2 is 2.00 bits per heavy atom. The third-order valence-corrected chi connectivity index (χ3v) is 2.82. The van der Waals surface area contributed by atoms with Crippen molar-refractivity contribution in [3.05, 3.63) is 0 Å². The van der Waals surface area contributed by atoms with E-state index in [1.165, 1.54) is 0 Å². The third-order valence-electron chi connectivity index (χ3n) is 2.64. The monoisotopic (exact) mass is 234 g/mol. The molecule has 15 heavy (non-hydrogen) atoms. The molecule has 0 aliphatic carbocycles. The first kappa shape index (κ1) is 12.7. The van der Waals surface area contributed by atoms with E-state index in [0.29, 0.717) is 0 Å². The van der Waals surface area contributed by atoms with Crippen LogP contribution >= 0.6 is 11.6 Å². The number of alkyl halides is 1. The van der Waals surface area contributed by atoms with Crippen LogP contribution in [0.2, 0.25) is 0 Å². The molecule has 88 valence electrons. The van der Waals surface area contributed by atoms with E-state index < -0.39 is 5.38 Å². The Morgan fingerprint density at radius 3 is 2.47 bits per heavy atom. The first-order chi connectivity index (χ1) is 7.15. The summed E-state index contributed by atoms with van der Waals surface area (Å²) in [6.45, 7) is 6.80. The van der Waals surface area contributed by atoms with Gasteiger partial charge in [-0.25, -0.2) is 0 Å². The topological polar surface area (TPSA) is 32.8 Å². The summed E-state index contributed by atoms with van der Waals surface area (Å²) >= 11 is 5.76. The highest BCUT2D eigenvalue weighted by atomic mass is 35.5. The van der Waals surface area contributed by atoms with Crippen LogP contribution in [0.4, 0.5) is 0 Å². The second-order valence-electron chi connectivity index (χ2n) is 3.78. The van der Waals surface area contributed by atoms with Crippen molar-refractivity contribution in [3.63, 3.8) is 0 Å². The molecule has 0 spiro atoms. The quantitative estimate of drug-likeness (QED) is 0.661. The van der Waals surface area contributed by atoms with Gasteiger partial charge in [0.2, 0.25) is 5.91 Å². The van der Waals surface area contributed by atoms with Gasteiger partial charge in [-0.3, -0.25) is 9.69 Å². The second kappa shape index (κ2) is 6.30. The van der Waals surface area contributed by atoms with E-state index in [1.54, 1.807) is 14.0 Å². The number of ether oxygens (including phenoxy) is 1. The van der Waals surface area contributed by atoms with Crippen LogP contribution in [0.25, 0.3) is 0 Å². The van der Waals surface area contributed by atoms with Crippen LogP contribution in [0.3, 0.4) is 0 Å². The van der Waals surface area contributed by atoms with E-state index in [2.05, 4.69) is 4.90 Å². The molecule has 0 radical (unpaired) electrons. The molecular weight excluding hydrogens is 216 g/mol. The normalized spacial score (nSPS) is 20.3. The molecule has 1 saturated heterocycles. The minimum absolute atomic E-state index is 0.0445. The van der Waals surface area contributed by atoms with Gasteiger partial charge in [0.1, 0.15) is 5.38 Å². The minimum Gasteiger partial charge on any atom is -0.383 e. The first-order valence-electron chi connectivity index (χ1n) is 5.29. The molecule has 0 bridgehead atoms. The molecule has 1 atom stereocenters. The van der Waals surface area contributed by atoms with E-state index in [4.69, 9.17) is 16.3 Å². The zero-order valence-electron chi connectivity index (χ0n) is 9.41. The standard InChI is InChI=1S/C10H19ClN2O2/c1-9(11)10(14)13-5-3-12(4-6-13)7-8-15-2/h9H,3-8H2,1-2H3/t9-/m0/s1. The highest BCUT2D eigenvalue weighted by Crippen LogP contribution is 2.06. The Hall–Kier alpha value is -0.320. The summed E-state index contributed by atoms with van der Waals surface area (Å²) in [6.07, 6.45) is 0. The average molecular weight is 235 g/mol. The highest BCUT2D eigenvalue weighted by molar-refractivity contribution is 6.30. The number of hydrogen-bond acceptors (Lipinski definition) is 3. The van der Waals surface area contributed by atoms with Gasteiger partial charge in [0.05, 0.1) is 6.61 Å². The van der Waals surface area contributed by atoms with Crippen molar-refractivity contribution < 1.29 is 9.53 Å². The zero-order chi connectivity index (χ0) is 11.3. The lowest BCUT2D eigenvalue weighted by molar-refractivity contribution is -0.132. The molecule has 0 aromatic rings. The van der Waals surface area contributed by atoms with Gasteiger partial charge in [0, 0.05) is 39.8 Å². The second-order valence-corrected chi connectivity index (χ2v) is 4.43. The Labute approximate surface area is 96.1 Å². The van der Waals surface area contributed by atoms with Crippen molar-refractivity contribution in [2.75, 3.05) is 46.4 Å². The number of piperazine rings is 1. The summed E-state index contributed by atoms with van der Waals surface area (Å²) in [4.78, 5) is 15.7. The lowest BCUT2D eigenvalue weighted by Gasteiger charge is -2.35. The molecule has 0 N–H and O–H groups in total. The molecule has 1 amide bonds. The van der Waals surface area contributed by atoms with E-state index in [-0.39, 0.29) is 5.91 Å².